The Kier molecular flexibility index (Phi) is 8.69. The van der Waals surface area contributed by atoms with Crippen LogP contribution >= 0.6 is 11.6 Å². The van der Waals surface area contributed by atoms with Gasteiger partial charge >= 0.3 is 0 Å². The molecule has 0 saturated carbocycles. The summed E-state index contributed by atoms with van der Waals surface area (Å²) in [5.41, 5.74) is 1.36. The summed E-state index contributed by atoms with van der Waals surface area (Å²) in [7, 11) is 0. The fraction of sp³-hybridized carbons (Fsp3) is 0.500. The summed E-state index contributed by atoms with van der Waals surface area (Å²) in [4.78, 5) is 4.05. The average molecular weight is 258 g/mol. The monoisotopic (exact) mass is 257 g/mol. The molecule has 3 heteroatoms. The van der Waals surface area contributed by atoms with Crippen molar-refractivity contribution in [3.8, 4) is 0 Å². The zero-order valence-electron chi connectivity index (χ0n) is 11.1. The van der Waals surface area contributed by atoms with Crippen molar-refractivity contribution in [2.45, 2.75) is 47.0 Å². The van der Waals surface area contributed by atoms with E-state index in [0.717, 1.165) is 24.8 Å². The minimum Gasteiger partial charge on any atom is -0.244 e. The second-order valence-corrected chi connectivity index (χ2v) is 4.11. The Morgan fingerprint density at radius 2 is 2.00 bits per heavy atom. The Morgan fingerprint density at radius 3 is 2.47 bits per heavy atom. The van der Waals surface area contributed by atoms with Gasteiger partial charge in [-0.3, -0.25) is 0 Å². The zero-order valence-corrected chi connectivity index (χ0v) is 11.8. The number of allylic oxidation sites excluding steroid dienone is 5. The van der Waals surface area contributed by atoms with Crippen molar-refractivity contribution in [3.63, 3.8) is 0 Å². The third kappa shape index (κ3) is 5.83. The van der Waals surface area contributed by atoms with E-state index in [1.54, 1.807) is 13.1 Å². The number of halogens is 2. The van der Waals surface area contributed by atoms with Crippen LogP contribution in [0.1, 0.15) is 47.0 Å². The highest BCUT2D eigenvalue weighted by Gasteiger charge is 2.12. The molecule has 0 heterocycles. The molecule has 0 amide bonds. The van der Waals surface area contributed by atoms with Crippen LogP contribution in [0.4, 0.5) is 4.39 Å². The molecule has 0 unspecified atom stereocenters. The lowest BCUT2D eigenvalue weighted by molar-refractivity contribution is 0.654. The molecule has 0 bridgehead atoms. The molecule has 0 radical (unpaired) electrons. The van der Waals surface area contributed by atoms with Crippen molar-refractivity contribution in [2.75, 3.05) is 0 Å². The van der Waals surface area contributed by atoms with Gasteiger partial charge in [-0.05, 0) is 26.7 Å². The fourth-order valence-corrected chi connectivity index (χ4v) is 1.72. The van der Waals surface area contributed by atoms with Crippen molar-refractivity contribution in [1.82, 2.24) is 0 Å². The summed E-state index contributed by atoms with van der Waals surface area (Å²) in [6.45, 7) is 7.60. The molecule has 0 aromatic heterocycles. The smallest absolute Gasteiger partial charge is 0.139 e. The summed E-state index contributed by atoms with van der Waals surface area (Å²) in [5.74, 6) is -0.311. The largest absolute Gasteiger partial charge is 0.244 e. The van der Waals surface area contributed by atoms with E-state index in [9.17, 15) is 4.39 Å². The van der Waals surface area contributed by atoms with E-state index >= 15 is 0 Å². The van der Waals surface area contributed by atoms with Crippen molar-refractivity contribution in [3.05, 3.63) is 35.3 Å². The summed E-state index contributed by atoms with van der Waals surface area (Å²) < 4.78 is 13.7. The van der Waals surface area contributed by atoms with E-state index in [1.807, 2.05) is 19.9 Å². The van der Waals surface area contributed by atoms with Crippen molar-refractivity contribution < 1.29 is 4.39 Å². The van der Waals surface area contributed by atoms with Gasteiger partial charge in [-0.2, -0.15) is 0 Å². The van der Waals surface area contributed by atoms with Gasteiger partial charge in [0.05, 0.1) is 0 Å². The second kappa shape index (κ2) is 9.17. The molecule has 0 aromatic rings. The Balaban J connectivity index is 5.27. The number of nitrogens with zero attached hydrogens (tertiary/aromatic N) is 1. The Hall–Kier alpha value is -0.890. The molecule has 0 rings (SSSR count). The summed E-state index contributed by atoms with van der Waals surface area (Å²) in [6.07, 6.45) is 7.57. The summed E-state index contributed by atoms with van der Waals surface area (Å²) in [5, 5.41) is 0.219. The van der Waals surface area contributed by atoms with Crippen molar-refractivity contribution in [2.24, 2.45) is 4.99 Å². The van der Waals surface area contributed by atoms with E-state index in [0.29, 0.717) is 5.57 Å². The van der Waals surface area contributed by atoms with Crippen LogP contribution in [0.5, 0.6) is 0 Å². The predicted octanol–water partition coefficient (Wildman–Crippen LogP) is 5.54. The maximum Gasteiger partial charge on any atom is 0.139 e. The molecule has 0 fully saturated rings. The molecule has 0 aliphatic heterocycles. The number of rotatable bonds is 6. The highest BCUT2D eigenvalue weighted by Crippen LogP contribution is 2.23. The van der Waals surface area contributed by atoms with Crippen LogP contribution in [0.15, 0.2) is 40.3 Å². The molecule has 0 aliphatic carbocycles. The van der Waals surface area contributed by atoms with Crippen LogP contribution in [0.3, 0.4) is 0 Å². The maximum absolute atomic E-state index is 13.7. The van der Waals surface area contributed by atoms with Crippen LogP contribution in [-0.4, -0.2) is 5.17 Å². The van der Waals surface area contributed by atoms with Crippen LogP contribution in [0, 0.1) is 0 Å². The lowest BCUT2D eigenvalue weighted by Gasteiger charge is -2.07. The van der Waals surface area contributed by atoms with Gasteiger partial charge in [0.15, 0.2) is 0 Å². The van der Waals surface area contributed by atoms with E-state index in [1.165, 1.54) is 6.08 Å². The SMILES string of the molecule is C\C=C(F)/C(C(/Cl)=N/C=C/CC)=C(/C)CCC. The molecule has 0 spiro atoms. The quantitative estimate of drug-likeness (QED) is 0.438. The van der Waals surface area contributed by atoms with Gasteiger partial charge in [0.1, 0.15) is 11.0 Å². The molecule has 1 nitrogen and oxygen atoms in total. The first-order valence-electron chi connectivity index (χ1n) is 5.99. The molecule has 0 aromatic carbocycles. The molecule has 96 valence electrons. The normalized spacial score (nSPS) is 15.4. The van der Waals surface area contributed by atoms with Gasteiger partial charge in [-0.15, -0.1) is 0 Å². The fourth-order valence-electron chi connectivity index (χ4n) is 1.41. The molecule has 0 N–H and O–H groups in total. The minimum absolute atomic E-state index is 0.219. The first-order valence-corrected chi connectivity index (χ1v) is 6.36. The van der Waals surface area contributed by atoms with Gasteiger partial charge in [-0.25, -0.2) is 9.38 Å². The lowest BCUT2D eigenvalue weighted by Crippen LogP contribution is -1.99. The van der Waals surface area contributed by atoms with E-state index in [2.05, 4.69) is 11.9 Å². The molecule has 0 atom stereocenters. The van der Waals surface area contributed by atoms with E-state index in [-0.39, 0.29) is 11.0 Å². The van der Waals surface area contributed by atoms with Crippen molar-refractivity contribution >= 4 is 16.8 Å². The third-order valence-corrected chi connectivity index (χ3v) is 2.57. The topological polar surface area (TPSA) is 12.4 Å². The zero-order chi connectivity index (χ0) is 13.3. The minimum atomic E-state index is -0.311. The van der Waals surface area contributed by atoms with Gasteiger partial charge in [-0.1, -0.05) is 49.6 Å². The molecular formula is C14H21ClFN. The Morgan fingerprint density at radius 1 is 1.35 bits per heavy atom. The van der Waals surface area contributed by atoms with Gasteiger partial charge in [0, 0.05) is 11.8 Å². The van der Waals surface area contributed by atoms with Crippen LogP contribution in [0.25, 0.3) is 0 Å². The first kappa shape index (κ1) is 16.1. The first-order chi connectivity index (χ1) is 8.08. The number of hydrogen-bond acceptors (Lipinski definition) is 1. The number of aliphatic imine (C=N–C) groups is 1. The highest BCUT2D eigenvalue weighted by atomic mass is 35.5. The third-order valence-electron chi connectivity index (χ3n) is 2.28. The van der Waals surface area contributed by atoms with Crippen LogP contribution in [0.2, 0.25) is 0 Å². The predicted molar refractivity (Wildman–Crippen MR) is 75.2 cm³/mol. The van der Waals surface area contributed by atoms with Gasteiger partial charge in [0.25, 0.3) is 0 Å². The Labute approximate surface area is 109 Å². The lowest BCUT2D eigenvalue weighted by atomic mass is 10.0. The van der Waals surface area contributed by atoms with E-state index < -0.39 is 0 Å². The maximum atomic E-state index is 13.7. The summed E-state index contributed by atoms with van der Waals surface area (Å²) in [6, 6.07) is 0. The number of hydrogen-bond donors (Lipinski definition) is 0. The average Bonchev–Trinajstić information content (AvgIpc) is 2.29. The van der Waals surface area contributed by atoms with Crippen LogP contribution < -0.4 is 0 Å². The molecule has 0 aliphatic rings. The van der Waals surface area contributed by atoms with Gasteiger partial charge in [0.2, 0.25) is 0 Å². The molecule has 17 heavy (non-hydrogen) atoms. The standard InChI is InChI=1S/C14H21ClFN/c1-5-8-10-17-14(15)13(12(16)7-3)11(4)9-6-2/h7-8,10H,5-6,9H2,1-4H3/b10-8+,12-7+,13-11+,17-14-. The van der Waals surface area contributed by atoms with Crippen molar-refractivity contribution in [1.29, 1.82) is 0 Å². The Bertz CT molecular complexity index is 351. The second-order valence-electron chi connectivity index (χ2n) is 3.75. The molecule has 0 saturated heterocycles. The highest BCUT2D eigenvalue weighted by molar-refractivity contribution is 6.70. The van der Waals surface area contributed by atoms with Gasteiger partial charge < -0.3 is 0 Å². The molecular weight excluding hydrogens is 237 g/mol. The summed E-state index contributed by atoms with van der Waals surface area (Å²) >= 11 is 6.05. The van der Waals surface area contributed by atoms with Crippen LogP contribution in [-0.2, 0) is 0 Å². The van der Waals surface area contributed by atoms with E-state index in [4.69, 9.17) is 11.6 Å².